The smallest absolute Gasteiger partial charge is 0.382 e. The van der Waals surface area contributed by atoms with E-state index in [4.69, 9.17) is 5.73 Å². The van der Waals surface area contributed by atoms with Crippen molar-refractivity contribution in [3.05, 3.63) is 11.3 Å². The second-order valence-corrected chi connectivity index (χ2v) is 3.94. The summed E-state index contributed by atoms with van der Waals surface area (Å²) >= 11 is 0. The lowest BCUT2D eigenvalue weighted by molar-refractivity contribution is -0.181. The van der Waals surface area contributed by atoms with Gasteiger partial charge in [0, 0.05) is 5.56 Å². The van der Waals surface area contributed by atoms with Crippen LogP contribution in [0.3, 0.4) is 0 Å². The largest absolute Gasteiger partial charge is 0.399 e. The van der Waals surface area contributed by atoms with Gasteiger partial charge in [0.2, 0.25) is 0 Å². The summed E-state index contributed by atoms with van der Waals surface area (Å²) in [5.41, 5.74) is 4.02. The van der Waals surface area contributed by atoms with Gasteiger partial charge in [-0.2, -0.15) is 18.3 Å². The number of nitrogen functional groups attached to an aromatic ring is 1. The fraction of sp³-hybridized carbons (Fsp3) is 0.667. The number of hydrogen-bond donors (Lipinski definition) is 2. The van der Waals surface area contributed by atoms with E-state index >= 15 is 0 Å². The molecule has 3 N–H and O–H groups in total. The fourth-order valence-electron chi connectivity index (χ4n) is 1.40. The number of rotatable bonds is 2. The van der Waals surface area contributed by atoms with Gasteiger partial charge in [0.05, 0.1) is 5.69 Å². The number of hydrogen-bond acceptors (Lipinski definition) is 2. The number of alkyl halides is 3. The summed E-state index contributed by atoms with van der Waals surface area (Å²) in [6, 6.07) is 0. The number of nitrogens with zero attached hydrogens (tertiary/aromatic N) is 1. The van der Waals surface area contributed by atoms with E-state index in [1.54, 1.807) is 6.92 Å². The van der Waals surface area contributed by atoms with Crippen molar-refractivity contribution in [2.24, 2.45) is 0 Å². The van der Waals surface area contributed by atoms with E-state index in [0.29, 0.717) is 12.0 Å². The van der Waals surface area contributed by atoms with Crippen LogP contribution in [0.5, 0.6) is 0 Å². The molecule has 1 aromatic heterocycles. The van der Waals surface area contributed by atoms with Gasteiger partial charge in [0.15, 0.2) is 0 Å². The summed E-state index contributed by atoms with van der Waals surface area (Å²) in [6.45, 7) is 3.97. The first-order chi connectivity index (χ1) is 6.71. The second-order valence-electron chi connectivity index (χ2n) is 3.94. The topological polar surface area (TPSA) is 54.7 Å². The molecule has 0 aliphatic rings. The van der Waals surface area contributed by atoms with Gasteiger partial charge in [-0.15, -0.1) is 0 Å². The maximum Gasteiger partial charge on any atom is 0.399 e. The van der Waals surface area contributed by atoms with Gasteiger partial charge < -0.3 is 5.73 Å². The molecule has 0 saturated carbocycles. The Kier molecular flexibility index (Phi) is 2.71. The molecule has 15 heavy (non-hydrogen) atoms. The summed E-state index contributed by atoms with van der Waals surface area (Å²) in [5.74, 6) is 0.143. The first kappa shape index (κ1) is 11.9. The molecule has 0 aliphatic carbocycles. The van der Waals surface area contributed by atoms with Crippen molar-refractivity contribution >= 4 is 5.82 Å². The molecule has 6 heteroatoms. The quantitative estimate of drug-likeness (QED) is 0.805. The zero-order chi connectivity index (χ0) is 11.9. The maximum absolute atomic E-state index is 12.8. The van der Waals surface area contributed by atoms with Crippen LogP contribution in [-0.2, 0) is 11.8 Å². The van der Waals surface area contributed by atoms with Gasteiger partial charge in [-0.25, -0.2) is 0 Å². The van der Waals surface area contributed by atoms with Crippen molar-refractivity contribution in [1.29, 1.82) is 0 Å². The minimum Gasteiger partial charge on any atom is -0.382 e. The summed E-state index contributed by atoms with van der Waals surface area (Å²) in [6.07, 6.45) is -3.90. The number of nitrogens with one attached hydrogen (secondary N) is 1. The van der Waals surface area contributed by atoms with Crippen molar-refractivity contribution in [3.8, 4) is 0 Å². The third kappa shape index (κ3) is 1.80. The van der Waals surface area contributed by atoms with Crippen LogP contribution in [0.15, 0.2) is 0 Å². The minimum atomic E-state index is -4.32. The molecular formula is C9H14F3N3. The van der Waals surface area contributed by atoms with Crippen LogP contribution in [0.25, 0.3) is 0 Å². The normalized spacial score (nSPS) is 13.2. The molecular weight excluding hydrogens is 207 g/mol. The zero-order valence-electron chi connectivity index (χ0n) is 8.87. The molecule has 0 saturated heterocycles. The lowest BCUT2D eigenvalue weighted by Gasteiger charge is -2.27. The average molecular weight is 221 g/mol. The van der Waals surface area contributed by atoms with Gasteiger partial charge in [0.1, 0.15) is 11.2 Å². The lowest BCUT2D eigenvalue weighted by Crippen LogP contribution is -2.37. The van der Waals surface area contributed by atoms with Crippen molar-refractivity contribution in [2.75, 3.05) is 5.73 Å². The first-order valence-corrected chi connectivity index (χ1v) is 4.61. The number of aromatic nitrogens is 2. The van der Waals surface area contributed by atoms with Crippen molar-refractivity contribution in [2.45, 2.75) is 38.8 Å². The van der Waals surface area contributed by atoms with Crippen molar-refractivity contribution in [3.63, 3.8) is 0 Å². The molecule has 1 heterocycles. The van der Waals surface area contributed by atoms with E-state index in [1.807, 2.05) is 0 Å². The molecule has 0 amide bonds. The minimum absolute atomic E-state index is 0.0509. The second kappa shape index (κ2) is 3.43. The fourth-order valence-corrected chi connectivity index (χ4v) is 1.40. The molecule has 3 nitrogen and oxygen atoms in total. The Morgan fingerprint density at radius 3 is 2.27 bits per heavy atom. The van der Waals surface area contributed by atoms with Gasteiger partial charge in [0.25, 0.3) is 0 Å². The number of anilines is 1. The monoisotopic (exact) mass is 221 g/mol. The summed E-state index contributed by atoms with van der Waals surface area (Å²) in [4.78, 5) is 0. The SMILES string of the molecule is CCc1c(N)n[nH]c1C(C)(C)C(F)(F)F. The molecule has 0 unspecified atom stereocenters. The number of H-pyrrole nitrogens is 1. The molecule has 0 radical (unpaired) electrons. The Balaban J connectivity index is 3.27. The highest BCUT2D eigenvalue weighted by atomic mass is 19.4. The summed E-state index contributed by atoms with van der Waals surface area (Å²) < 4.78 is 38.3. The Bertz CT molecular complexity index is 352. The average Bonchev–Trinajstić information content (AvgIpc) is 2.44. The highest BCUT2D eigenvalue weighted by molar-refractivity contribution is 5.45. The molecule has 1 rings (SSSR count). The molecule has 1 aromatic rings. The molecule has 0 spiro atoms. The van der Waals surface area contributed by atoms with E-state index in [9.17, 15) is 13.2 Å². The zero-order valence-corrected chi connectivity index (χ0v) is 8.87. The van der Waals surface area contributed by atoms with Crippen molar-refractivity contribution < 1.29 is 13.2 Å². The van der Waals surface area contributed by atoms with E-state index < -0.39 is 11.6 Å². The van der Waals surface area contributed by atoms with Gasteiger partial charge in [-0.05, 0) is 20.3 Å². The van der Waals surface area contributed by atoms with Gasteiger partial charge in [-0.3, -0.25) is 5.10 Å². The van der Waals surface area contributed by atoms with E-state index in [1.165, 1.54) is 0 Å². The third-order valence-corrected chi connectivity index (χ3v) is 2.59. The highest BCUT2D eigenvalue weighted by Gasteiger charge is 2.50. The Morgan fingerprint density at radius 1 is 1.33 bits per heavy atom. The number of nitrogens with two attached hydrogens (primary N) is 1. The Labute approximate surface area is 85.9 Å². The van der Waals surface area contributed by atoms with Crippen LogP contribution < -0.4 is 5.73 Å². The van der Waals surface area contributed by atoms with Crippen molar-refractivity contribution in [1.82, 2.24) is 10.2 Å². The molecule has 0 aliphatic heterocycles. The third-order valence-electron chi connectivity index (χ3n) is 2.59. The van der Waals surface area contributed by atoms with Crippen LogP contribution in [-0.4, -0.2) is 16.4 Å². The molecule has 0 fully saturated rings. The lowest BCUT2D eigenvalue weighted by atomic mass is 9.85. The van der Waals surface area contributed by atoms with E-state index in [2.05, 4.69) is 10.2 Å². The molecule has 0 atom stereocenters. The molecule has 0 bridgehead atoms. The first-order valence-electron chi connectivity index (χ1n) is 4.61. The van der Waals surface area contributed by atoms with E-state index in [0.717, 1.165) is 13.8 Å². The number of aromatic amines is 1. The molecule has 86 valence electrons. The summed E-state index contributed by atoms with van der Waals surface area (Å²) in [5, 5.41) is 6.00. The maximum atomic E-state index is 12.8. The van der Waals surface area contributed by atoms with Crippen LogP contribution in [0.2, 0.25) is 0 Å². The highest BCUT2D eigenvalue weighted by Crippen LogP contribution is 2.41. The van der Waals surface area contributed by atoms with Crippen LogP contribution in [0, 0.1) is 0 Å². The Morgan fingerprint density at radius 2 is 1.87 bits per heavy atom. The predicted molar refractivity (Wildman–Crippen MR) is 51.5 cm³/mol. The van der Waals surface area contributed by atoms with Gasteiger partial charge >= 0.3 is 6.18 Å². The number of halogens is 3. The van der Waals surface area contributed by atoms with Gasteiger partial charge in [-0.1, -0.05) is 6.92 Å². The molecule has 0 aromatic carbocycles. The summed E-state index contributed by atoms with van der Waals surface area (Å²) in [7, 11) is 0. The van der Waals surface area contributed by atoms with Crippen LogP contribution >= 0.6 is 0 Å². The predicted octanol–water partition coefficient (Wildman–Crippen LogP) is 2.39. The standard InChI is InChI=1S/C9H14F3N3/c1-4-5-6(14-15-7(5)13)8(2,3)9(10,11)12/h4H2,1-3H3,(H3,13,14,15). The van der Waals surface area contributed by atoms with Crippen LogP contribution in [0.1, 0.15) is 32.0 Å². The van der Waals surface area contributed by atoms with Crippen LogP contribution in [0.4, 0.5) is 19.0 Å². The van der Waals surface area contributed by atoms with E-state index in [-0.39, 0.29) is 11.5 Å². The Hall–Kier alpha value is -1.20.